The lowest BCUT2D eigenvalue weighted by Gasteiger charge is -2.15. The van der Waals surface area contributed by atoms with Gasteiger partial charge in [-0.3, -0.25) is 0 Å². The molecule has 0 aliphatic rings. The maximum absolute atomic E-state index is 11.3. The number of carbonyl (C=O) groups excluding carboxylic acids is 1. The Morgan fingerprint density at radius 3 is 2.50 bits per heavy atom. The van der Waals surface area contributed by atoms with Gasteiger partial charge in [-0.05, 0) is 17.7 Å². The van der Waals surface area contributed by atoms with E-state index >= 15 is 0 Å². The normalized spacial score (nSPS) is 9.75. The molecule has 0 bridgehead atoms. The molecule has 0 fully saturated rings. The molecule has 0 spiro atoms. The summed E-state index contributed by atoms with van der Waals surface area (Å²) in [7, 11) is 7.45. The minimum absolute atomic E-state index is 0.0738. The first kappa shape index (κ1) is 12.4. The second kappa shape index (κ2) is 5.39. The van der Waals surface area contributed by atoms with Gasteiger partial charge in [0.25, 0.3) is 0 Å². The lowest BCUT2D eigenvalue weighted by Crippen LogP contribution is -2.33. The van der Waals surface area contributed by atoms with Crippen molar-refractivity contribution in [3.63, 3.8) is 0 Å². The summed E-state index contributed by atoms with van der Waals surface area (Å²) in [6.07, 6.45) is 0. The van der Waals surface area contributed by atoms with Crippen molar-refractivity contribution in [1.82, 2.24) is 10.2 Å². The summed E-state index contributed by atoms with van der Waals surface area (Å²) < 4.78 is 0. The van der Waals surface area contributed by atoms with Crippen molar-refractivity contribution in [3.8, 4) is 0 Å². The number of nitrogens with zero attached hydrogens (tertiary/aromatic N) is 2. The van der Waals surface area contributed by atoms with Gasteiger partial charge in [0, 0.05) is 40.4 Å². The van der Waals surface area contributed by atoms with Crippen LogP contribution in [0.4, 0.5) is 10.5 Å². The van der Waals surface area contributed by atoms with Crippen LogP contribution < -0.4 is 10.2 Å². The summed E-state index contributed by atoms with van der Waals surface area (Å²) in [5.74, 6) is 0. The Hall–Kier alpha value is -1.71. The van der Waals surface area contributed by atoms with Crippen LogP contribution >= 0.6 is 0 Å². The first-order valence-electron chi connectivity index (χ1n) is 5.22. The molecule has 0 saturated heterocycles. The zero-order valence-electron chi connectivity index (χ0n) is 10.3. The standard InChI is InChI=1S/C12H19N3O/c1-14(2)11-7-5-6-10(8-11)9-13-12(16)15(3)4/h5-8H,9H2,1-4H3,(H,13,16). The van der Waals surface area contributed by atoms with Crippen molar-refractivity contribution < 1.29 is 4.79 Å². The fourth-order valence-electron chi connectivity index (χ4n) is 1.28. The maximum Gasteiger partial charge on any atom is 0.317 e. The molecule has 0 atom stereocenters. The van der Waals surface area contributed by atoms with E-state index in [1.165, 1.54) is 4.90 Å². The Bertz CT molecular complexity index is 361. The minimum Gasteiger partial charge on any atom is -0.378 e. The first-order valence-corrected chi connectivity index (χ1v) is 5.22. The Kier molecular flexibility index (Phi) is 4.17. The van der Waals surface area contributed by atoms with Gasteiger partial charge < -0.3 is 15.1 Å². The van der Waals surface area contributed by atoms with Crippen LogP contribution in [0.15, 0.2) is 24.3 Å². The summed E-state index contributed by atoms with van der Waals surface area (Å²) in [6, 6.07) is 8.03. The van der Waals surface area contributed by atoms with Gasteiger partial charge >= 0.3 is 6.03 Å². The van der Waals surface area contributed by atoms with Crippen molar-refractivity contribution in [2.24, 2.45) is 0 Å². The van der Waals surface area contributed by atoms with Gasteiger partial charge in [-0.15, -0.1) is 0 Å². The molecule has 1 aromatic rings. The third-order valence-corrected chi connectivity index (χ3v) is 2.28. The summed E-state index contributed by atoms with van der Waals surface area (Å²) in [5, 5.41) is 2.83. The highest BCUT2D eigenvalue weighted by atomic mass is 16.2. The second-order valence-electron chi connectivity index (χ2n) is 4.12. The number of nitrogens with one attached hydrogen (secondary N) is 1. The Balaban J connectivity index is 2.61. The molecule has 1 N–H and O–H groups in total. The molecular weight excluding hydrogens is 202 g/mol. The van der Waals surface area contributed by atoms with Crippen LogP contribution in [0.2, 0.25) is 0 Å². The largest absolute Gasteiger partial charge is 0.378 e. The van der Waals surface area contributed by atoms with Crippen LogP contribution in [0.25, 0.3) is 0 Å². The van der Waals surface area contributed by atoms with Gasteiger partial charge in [-0.1, -0.05) is 12.1 Å². The van der Waals surface area contributed by atoms with Gasteiger partial charge in [0.15, 0.2) is 0 Å². The SMILES string of the molecule is CN(C)C(=O)NCc1cccc(N(C)C)c1. The van der Waals surface area contributed by atoms with Gasteiger partial charge in [0.05, 0.1) is 0 Å². The number of hydrogen-bond donors (Lipinski definition) is 1. The average Bonchev–Trinajstić information content (AvgIpc) is 2.26. The third-order valence-electron chi connectivity index (χ3n) is 2.28. The summed E-state index contributed by atoms with van der Waals surface area (Å²) in [4.78, 5) is 14.9. The number of anilines is 1. The Morgan fingerprint density at radius 2 is 1.94 bits per heavy atom. The van der Waals surface area contributed by atoms with Crippen LogP contribution in [0.3, 0.4) is 0 Å². The van der Waals surface area contributed by atoms with Crippen molar-refractivity contribution in [1.29, 1.82) is 0 Å². The zero-order chi connectivity index (χ0) is 12.1. The predicted octanol–water partition coefficient (Wildman–Crippen LogP) is 1.52. The highest BCUT2D eigenvalue weighted by Crippen LogP contribution is 2.12. The van der Waals surface area contributed by atoms with E-state index < -0.39 is 0 Å². The lowest BCUT2D eigenvalue weighted by molar-refractivity contribution is 0.217. The molecule has 0 unspecified atom stereocenters. The Labute approximate surface area is 96.9 Å². The van der Waals surface area contributed by atoms with E-state index in [1.807, 2.05) is 37.2 Å². The van der Waals surface area contributed by atoms with E-state index in [9.17, 15) is 4.79 Å². The van der Waals surface area contributed by atoms with E-state index in [1.54, 1.807) is 14.1 Å². The predicted molar refractivity (Wildman–Crippen MR) is 66.7 cm³/mol. The zero-order valence-corrected chi connectivity index (χ0v) is 10.3. The van der Waals surface area contributed by atoms with Crippen LogP contribution in [0, 0.1) is 0 Å². The molecule has 88 valence electrons. The van der Waals surface area contributed by atoms with Crippen LogP contribution in [-0.4, -0.2) is 39.1 Å². The monoisotopic (exact) mass is 221 g/mol. The van der Waals surface area contributed by atoms with Gasteiger partial charge in [0.1, 0.15) is 0 Å². The van der Waals surface area contributed by atoms with Crippen molar-refractivity contribution in [3.05, 3.63) is 29.8 Å². The number of benzene rings is 1. The first-order chi connectivity index (χ1) is 7.50. The molecule has 0 radical (unpaired) electrons. The van der Waals surface area contributed by atoms with Crippen molar-refractivity contribution >= 4 is 11.7 Å². The van der Waals surface area contributed by atoms with Gasteiger partial charge in [0.2, 0.25) is 0 Å². The molecule has 0 heterocycles. The summed E-state index contributed by atoms with van der Waals surface area (Å²) in [5.41, 5.74) is 2.23. The number of hydrogen-bond acceptors (Lipinski definition) is 2. The molecule has 0 saturated carbocycles. The number of carbonyl (C=O) groups is 1. The maximum atomic E-state index is 11.3. The topological polar surface area (TPSA) is 35.6 Å². The smallest absolute Gasteiger partial charge is 0.317 e. The molecule has 1 rings (SSSR count). The number of amides is 2. The molecule has 0 aliphatic heterocycles. The third kappa shape index (κ3) is 3.46. The van der Waals surface area contributed by atoms with E-state index in [-0.39, 0.29) is 6.03 Å². The highest BCUT2D eigenvalue weighted by Gasteiger charge is 2.03. The van der Waals surface area contributed by atoms with Gasteiger partial charge in [-0.25, -0.2) is 4.79 Å². The van der Waals surface area contributed by atoms with E-state index in [2.05, 4.69) is 11.4 Å². The number of urea groups is 1. The molecule has 0 aliphatic carbocycles. The number of rotatable bonds is 3. The van der Waals surface area contributed by atoms with Crippen LogP contribution in [0.1, 0.15) is 5.56 Å². The molecular formula is C12H19N3O. The minimum atomic E-state index is -0.0738. The molecule has 16 heavy (non-hydrogen) atoms. The second-order valence-corrected chi connectivity index (χ2v) is 4.12. The lowest BCUT2D eigenvalue weighted by atomic mass is 10.2. The molecule has 0 aromatic heterocycles. The molecule has 4 nitrogen and oxygen atoms in total. The van der Waals surface area contributed by atoms with Crippen LogP contribution in [0.5, 0.6) is 0 Å². The van der Waals surface area contributed by atoms with Crippen molar-refractivity contribution in [2.45, 2.75) is 6.54 Å². The summed E-state index contributed by atoms with van der Waals surface area (Å²) >= 11 is 0. The molecule has 4 heteroatoms. The average molecular weight is 221 g/mol. The van der Waals surface area contributed by atoms with Crippen molar-refractivity contribution in [2.75, 3.05) is 33.1 Å². The Morgan fingerprint density at radius 1 is 1.25 bits per heavy atom. The van der Waals surface area contributed by atoms with Crippen LogP contribution in [-0.2, 0) is 6.54 Å². The molecule has 2 amide bonds. The van der Waals surface area contributed by atoms with E-state index in [4.69, 9.17) is 0 Å². The highest BCUT2D eigenvalue weighted by molar-refractivity contribution is 5.73. The van der Waals surface area contributed by atoms with E-state index in [0.29, 0.717) is 6.54 Å². The van der Waals surface area contributed by atoms with E-state index in [0.717, 1.165) is 11.3 Å². The fraction of sp³-hybridized carbons (Fsp3) is 0.417. The molecule has 1 aromatic carbocycles. The fourth-order valence-corrected chi connectivity index (χ4v) is 1.28. The van der Waals surface area contributed by atoms with Gasteiger partial charge in [-0.2, -0.15) is 0 Å². The summed E-state index contributed by atoms with van der Waals surface area (Å²) in [6.45, 7) is 0.554. The quantitative estimate of drug-likeness (QED) is 0.840.